The van der Waals surface area contributed by atoms with Crippen LogP contribution in [-0.2, 0) is 0 Å². The Hall–Kier alpha value is -1.99. The van der Waals surface area contributed by atoms with Crippen LogP contribution in [0.2, 0.25) is 0 Å². The number of aromatic nitrogens is 4. The molecule has 8 heteroatoms. The molecule has 1 heterocycles. The lowest BCUT2D eigenvalue weighted by atomic mass is 10.3. The van der Waals surface area contributed by atoms with E-state index in [4.69, 9.17) is 10.5 Å². The highest BCUT2D eigenvalue weighted by molar-refractivity contribution is 5.85. The molecule has 0 fully saturated rings. The lowest BCUT2D eigenvalue weighted by molar-refractivity contribution is 0.347. The maximum Gasteiger partial charge on any atom is 0.162 e. The third-order valence-corrected chi connectivity index (χ3v) is 2.26. The molecule has 1 aromatic heterocycles. The predicted molar refractivity (Wildman–Crippen MR) is 70.1 cm³/mol. The summed E-state index contributed by atoms with van der Waals surface area (Å²) in [5, 5.41) is 11.3. The molecule has 2 N–H and O–H groups in total. The van der Waals surface area contributed by atoms with Gasteiger partial charge in [-0.3, -0.25) is 0 Å². The Labute approximate surface area is 115 Å². The fourth-order valence-corrected chi connectivity index (χ4v) is 1.27. The second-order valence-electron chi connectivity index (χ2n) is 3.48. The van der Waals surface area contributed by atoms with E-state index in [1.165, 1.54) is 11.1 Å². The van der Waals surface area contributed by atoms with Crippen molar-refractivity contribution >= 4 is 12.4 Å². The van der Waals surface area contributed by atoms with Crippen molar-refractivity contribution in [1.82, 2.24) is 20.2 Å². The summed E-state index contributed by atoms with van der Waals surface area (Å²) in [6, 6.07) is 7.03. The standard InChI is InChI=1S/C11H12FN5O.ClH/c12-5-9(6-13)7-18-11-3-1-10(2-4-11)17-15-8-14-16-17;/h1-5,8H,6-7,13H2;1H/b9-5-;. The van der Waals surface area contributed by atoms with Gasteiger partial charge in [0.2, 0.25) is 0 Å². The number of nitrogens with zero attached hydrogens (tertiary/aromatic N) is 4. The molecule has 6 nitrogen and oxygen atoms in total. The van der Waals surface area contributed by atoms with Crippen LogP contribution in [0.5, 0.6) is 5.75 Å². The first-order valence-electron chi connectivity index (χ1n) is 5.28. The number of benzene rings is 1. The first-order chi connectivity index (χ1) is 8.83. The summed E-state index contributed by atoms with van der Waals surface area (Å²) in [7, 11) is 0. The van der Waals surface area contributed by atoms with E-state index in [0.717, 1.165) is 5.69 Å². The van der Waals surface area contributed by atoms with Crippen LogP contribution in [0.15, 0.2) is 42.5 Å². The minimum atomic E-state index is 0. The van der Waals surface area contributed by atoms with Crippen LogP contribution in [0.4, 0.5) is 4.39 Å². The molecule has 0 spiro atoms. The summed E-state index contributed by atoms with van der Waals surface area (Å²) in [6.07, 6.45) is 1.82. The van der Waals surface area contributed by atoms with Gasteiger partial charge >= 0.3 is 0 Å². The Bertz CT molecular complexity index is 514. The van der Waals surface area contributed by atoms with Gasteiger partial charge in [-0.15, -0.1) is 27.4 Å². The highest BCUT2D eigenvalue weighted by Gasteiger charge is 2.01. The van der Waals surface area contributed by atoms with Crippen LogP contribution in [0, 0.1) is 0 Å². The van der Waals surface area contributed by atoms with Crippen LogP contribution in [0.25, 0.3) is 5.69 Å². The van der Waals surface area contributed by atoms with E-state index in [9.17, 15) is 4.39 Å². The van der Waals surface area contributed by atoms with E-state index in [1.54, 1.807) is 24.3 Å². The number of rotatable bonds is 5. The maximum absolute atomic E-state index is 12.3. The molecule has 0 saturated carbocycles. The molecule has 19 heavy (non-hydrogen) atoms. The highest BCUT2D eigenvalue weighted by atomic mass is 35.5. The fourth-order valence-electron chi connectivity index (χ4n) is 1.27. The maximum atomic E-state index is 12.3. The van der Waals surface area contributed by atoms with Crippen LogP contribution in [0.3, 0.4) is 0 Å². The average molecular weight is 286 g/mol. The van der Waals surface area contributed by atoms with Gasteiger partial charge in [-0.25, -0.2) is 4.39 Å². The molecule has 0 atom stereocenters. The van der Waals surface area contributed by atoms with Gasteiger partial charge in [0.05, 0.1) is 12.0 Å². The Balaban J connectivity index is 0.00000180. The average Bonchev–Trinajstić information content (AvgIpc) is 2.94. The summed E-state index contributed by atoms with van der Waals surface area (Å²) in [6.45, 7) is 0.269. The summed E-state index contributed by atoms with van der Waals surface area (Å²) >= 11 is 0. The minimum Gasteiger partial charge on any atom is -0.489 e. The zero-order chi connectivity index (χ0) is 12.8. The lowest BCUT2D eigenvalue weighted by Gasteiger charge is -2.07. The summed E-state index contributed by atoms with van der Waals surface area (Å²) in [4.78, 5) is 1.39. The fraction of sp³-hybridized carbons (Fsp3) is 0.182. The Morgan fingerprint density at radius 2 is 2.11 bits per heavy atom. The molecule has 0 aliphatic heterocycles. The molecule has 0 aliphatic rings. The molecule has 102 valence electrons. The molecule has 0 radical (unpaired) electrons. The van der Waals surface area contributed by atoms with Crippen molar-refractivity contribution in [3.63, 3.8) is 0 Å². The largest absolute Gasteiger partial charge is 0.489 e. The van der Waals surface area contributed by atoms with E-state index < -0.39 is 0 Å². The topological polar surface area (TPSA) is 78.9 Å². The Morgan fingerprint density at radius 1 is 1.37 bits per heavy atom. The first kappa shape index (κ1) is 15.1. The van der Waals surface area contributed by atoms with Gasteiger partial charge in [-0.2, -0.15) is 0 Å². The van der Waals surface area contributed by atoms with Gasteiger partial charge in [0.15, 0.2) is 6.33 Å². The molecule has 0 saturated heterocycles. The lowest BCUT2D eigenvalue weighted by Crippen LogP contribution is -2.10. The number of halogens is 2. The van der Waals surface area contributed by atoms with Crippen LogP contribution >= 0.6 is 12.4 Å². The Kier molecular flexibility index (Phi) is 5.91. The van der Waals surface area contributed by atoms with Crippen molar-refractivity contribution in [3.8, 4) is 11.4 Å². The third-order valence-electron chi connectivity index (χ3n) is 2.26. The van der Waals surface area contributed by atoms with Gasteiger partial charge < -0.3 is 10.5 Å². The van der Waals surface area contributed by atoms with Crippen molar-refractivity contribution in [2.45, 2.75) is 0 Å². The molecule has 2 rings (SSSR count). The number of ether oxygens (including phenoxy) is 1. The number of hydrogen-bond acceptors (Lipinski definition) is 5. The number of nitrogens with two attached hydrogens (primary N) is 1. The minimum absolute atomic E-state index is 0. The smallest absolute Gasteiger partial charge is 0.162 e. The van der Waals surface area contributed by atoms with E-state index in [2.05, 4.69) is 15.4 Å². The monoisotopic (exact) mass is 285 g/mol. The second kappa shape index (κ2) is 7.45. The van der Waals surface area contributed by atoms with Crippen LogP contribution in [0.1, 0.15) is 0 Å². The predicted octanol–water partition coefficient (Wildman–Crippen LogP) is 1.27. The van der Waals surface area contributed by atoms with Crippen LogP contribution in [-0.4, -0.2) is 33.4 Å². The molecule has 0 amide bonds. The molecular weight excluding hydrogens is 273 g/mol. The van der Waals surface area contributed by atoms with E-state index in [1.807, 2.05) is 0 Å². The number of tetrazole rings is 1. The highest BCUT2D eigenvalue weighted by Crippen LogP contribution is 2.14. The molecular formula is C11H13ClFN5O. The van der Waals surface area contributed by atoms with Crippen molar-refractivity contribution in [1.29, 1.82) is 0 Å². The van der Waals surface area contributed by atoms with Gasteiger partial charge in [0.1, 0.15) is 12.4 Å². The number of hydrogen-bond donors (Lipinski definition) is 1. The molecule has 0 aliphatic carbocycles. The molecule has 2 aromatic rings. The molecule has 1 aromatic carbocycles. The van der Waals surface area contributed by atoms with Gasteiger partial charge in [0, 0.05) is 12.1 Å². The zero-order valence-electron chi connectivity index (χ0n) is 9.94. The quantitative estimate of drug-likeness (QED) is 0.895. The molecule has 0 bridgehead atoms. The summed E-state index contributed by atoms with van der Waals surface area (Å²) < 4.78 is 17.6. The van der Waals surface area contributed by atoms with E-state index >= 15 is 0 Å². The van der Waals surface area contributed by atoms with E-state index in [0.29, 0.717) is 17.7 Å². The van der Waals surface area contributed by atoms with Crippen molar-refractivity contribution in [2.75, 3.05) is 13.2 Å². The van der Waals surface area contributed by atoms with E-state index in [-0.39, 0.29) is 25.6 Å². The summed E-state index contributed by atoms with van der Waals surface area (Å²) in [5.41, 5.74) is 6.48. The summed E-state index contributed by atoms with van der Waals surface area (Å²) in [5.74, 6) is 0.617. The Morgan fingerprint density at radius 3 is 2.63 bits per heavy atom. The first-order valence-corrected chi connectivity index (χ1v) is 5.28. The SMILES string of the molecule is Cl.NC/C(=C/F)COc1ccc(-n2ncnn2)cc1. The van der Waals surface area contributed by atoms with Gasteiger partial charge in [-0.1, -0.05) is 0 Å². The third kappa shape index (κ3) is 4.01. The van der Waals surface area contributed by atoms with Crippen LogP contribution < -0.4 is 10.5 Å². The second-order valence-corrected chi connectivity index (χ2v) is 3.48. The van der Waals surface area contributed by atoms with Crippen molar-refractivity contribution in [2.24, 2.45) is 5.73 Å². The van der Waals surface area contributed by atoms with Crippen molar-refractivity contribution in [3.05, 3.63) is 42.5 Å². The zero-order valence-corrected chi connectivity index (χ0v) is 10.8. The van der Waals surface area contributed by atoms with Gasteiger partial charge in [-0.05, 0) is 29.5 Å². The van der Waals surface area contributed by atoms with Gasteiger partial charge in [0.25, 0.3) is 0 Å². The normalized spacial score (nSPS) is 10.9. The van der Waals surface area contributed by atoms with Crippen molar-refractivity contribution < 1.29 is 9.13 Å². The molecule has 0 unspecified atom stereocenters.